The normalized spacial score (nSPS) is 13.9. The molecule has 1 heterocycles. The van der Waals surface area contributed by atoms with Crippen LogP contribution in [0.3, 0.4) is 0 Å². The van der Waals surface area contributed by atoms with Crippen molar-refractivity contribution in [3.05, 3.63) is 5.01 Å². The van der Waals surface area contributed by atoms with Gasteiger partial charge in [-0.15, -0.1) is 10.2 Å². The number of aromatic nitrogens is 2. The molecule has 1 aromatic rings. The van der Waals surface area contributed by atoms with Gasteiger partial charge >= 0.3 is 6.03 Å². The summed E-state index contributed by atoms with van der Waals surface area (Å²) in [4.78, 5) is 11.7. The summed E-state index contributed by atoms with van der Waals surface area (Å²) in [7, 11) is 0. The van der Waals surface area contributed by atoms with E-state index in [0.717, 1.165) is 5.01 Å². The molecule has 0 saturated heterocycles. The third kappa shape index (κ3) is 5.05. The van der Waals surface area contributed by atoms with Gasteiger partial charge in [0.25, 0.3) is 0 Å². The number of rotatable bonds is 3. The highest BCUT2D eigenvalue weighted by Gasteiger charge is 2.23. The molecule has 0 aliphatic rings. The van der Waals surface area contributed by atoms with Crippen LogP contribution in [-0.2, 0) is 5.41 Å². The minimum absolute atomic E-state index is 0.0868. The molecule has 1 unspecified atom stereocenters. The Morgan fingerprint density at radius 3 is 2.30 bits per heavy atom. The second-order valence-corrected chi connectivity index (χ2v) is 7.86. The van der Waals surface area contributed by atoms with Gasteiger partial charge in [-0.2, -0.15) is 0 Å². The number of aliphatic hydroxyl groups is 1. The van der Waals surface area contributed by atoms with Crippen LogP contribution in [0.5, 0.6) is 0 Å². The summed E-state index contributed by atoms with van der Waals surface area (Å²) in [5.41, 5.74) is -0.355. The standard InChI is InChI=1S/C13H24N4O2S/c1-12(2,3)8(18)7-14-10(19)15-11-17-16-9(20-11)13(4,5)6/h8,18H,7H2,1-6H3,(H2,14,15,17,19). The Kier molecular flexibility index (Phi) is 5.10. The van der Waals surface area contributed by atoms with E-state index >= 15 is 0 Å². The third-order valence-corrected chi connectivity index (χ3v) is 4.01. The molecule has 0 saturated carbocycles. The molecule has 0 aliphatic carbocycles. The Morgan fingerprint density at radius 2 is 1.85 bits per heavy atom. The van der Waals surface area contributed by atoms with Crippen molar-refractivity contribution < 1.29 is 9.90 Å². The number of hydrogen-bond donors (Lipinski definition) is 3. The molecule has 1 rings (SSSR count). The molecule has 0 radical (unpaired) electrons. The predicted octanol–water partition coefficient (Wildman–Crippen LogP) is 2.36. The van der Waals surface area contributed by atoms with E-state index in [9.17, 15) is 9.90 Å². The van der Waals surface area contributed by atoms with Crippen LogP contribution in [0.25, 0.3) is 0 Å². The summed E-state index contributed by atoms with van der Waals surface area (Å²) in [6, 6.07) is -0.384. The molecule has 2 amide bonds. The second-order valence-electron chi connectivity index (χ2n) is 6.88. The first-order chi connectivity index (χ1) is 9.00. The van der Waals surface area contributed by atoms with Crippen LogP contribution in [0.4, 0.5) is 9.93 Å². The van der Waals surface area contributed by atoms with Crippen molar-refractivity contribution in [1.29, 1.82) is 0 Å². The SMILES string of the molecule is CC(C)(C)c1nnc(NC(=O)NCC(O)C(C)(C)C)s1. The number of aliphatic hydroxyl groups excluding tert-OH is 1. The molecular weight excluding hydrogens is 276 g/mol. The highest BCUT2D eigenvalue weighted by atomic mass is 32.1. The van der Waals surface area contributed by atoms with Gasteiger partial charge in [-0.25, -0.2) is 4.79 Å². The van der Waals surface area contributed by atoms with E-state index in [1.165, 1.54) is 11.3 Å². The lowest BCUT2D eigenvalue weighted by atomic mass is 9.89. The number of nitrogens with zero attached hydrogens (tertiary/aromatic N) is 2. The van der Waals surface area contributed by atoms with E-state index < -0.39 is 6.10 Å². The number of urea groups is 1. The number of anilines is 1. The molecule has 6 nitrogen and oxygen atoms in total. The Hall–Kier alpha value is -1.21. The molecule has 114 valence electrons. The van der Waals surface area contributed by atoms with Crippen molar-refractivity contribution in [2.45, 2.75) is 53.1 Å². The van der Waals surface area contributed by atoms with Gasteiger partial charge in [-0.1, -0.05) is 52.9 Å². The van der Waals surface area contributed by atoms with Crippen LogP contribution in [0.15, 0.2) is 0 Å². The summed E-state index contributed by atoms with van der Waals surface area (Å²) >= 11 is 1.35. The molecule has 7 heteroatoms. The molecular formula is C13H24N4O2S. The van der Waals surface area contributed by atoms with E-state index in [2.05, 4.69) is 20.8 Å². The molecule has 20 heavy (non-hydrogen) atoms. The lowest BCUT2D eigenvalue weighted by Gasteiger charge is -2.25. The van der Waals surface area contributed by atoms with E-state index in [-0.39, 0.29) is 23.4 Å². The first-order valence-electron chi connectivity index (χ1n) is 6.57. The zero-order valence-electron chi connectivity index (χ0n) is 12.9. The summed E-state index contributed by atoms with van der Waals surface area (Å²) in [5, 5.41) is 24.4. The minimum Gasteiger partial charge on any atom is -0.391 e. The summed E-state index contributed by atoms with van der Waals surface area (Å²) in [6.45, 7) is 12.1. The minimum atomic E-state index is -0.604. The van der Waals surface area contributed by atoms with Gasteiger partial charge in [0.05, 0.1) is 6.10 Å². The van der Waals surface area contributed by atoms with Crippen molar-refractivity contribution in [3.63, 3.8) is 0 Å². The van der Waals surface area contributed by atoms with Gasteiger partial charge in [-0.05, 0) is 5.41 Å². The number of hydrogen-bond acceptors (Lipinski definition) is 5. The Bertz CT molecular complexity index is 460. The van der Waals surface area contributed by atoms with Gasteiger partial charge in [0.2, 0.25) is 5.13 Å². The van der Waals surface area contributed by atoms with Crippen LogP contribution in [0, 0.1) is 5.41 Å². The molecule has 3 N–H and O–H groups in total. The molecule has 0 spiro atoms. The van der Waals surface area contributed by atoms with Crippen LogP contribution < -0.4 is 10.6 Å². The first kappa shape index (κ1) is 16.8. The third-order valence-electron chi connectivity index (χ3n) is 2.74. The Balaban J connectivity index is 2.49. The fourth-order valence-corrected chi connectivity index (χ4v) is 2.01. The van der Waals surface area contributed by atoms with E-state index in [0.29, 0.717) is 5.13 Å². The van der Waals surface area contributed by atoms with Crippen molar-refractivity contribution >= 4 is 22.5 Å². The number of carbonyl (C=O) groups excluding carboxylic acids is 1. The molecule has 0 aromatic carbocycles. The maximum atomic E-state index is 11.7. The number of carbonyl (C=O) groups is 1. The number of amides is 2. The molecule has 0 bridgehead atoms. The fraction of sp³-hybridized carbons (Fsp3) is 0.769. The Morgan fingerprint density at radius 1 is 1.25 bits per heavy atom. The van der Waals surface area contributed by atoms with Crippen LogP contribution in [-0.4, -0.2) is 34.0 Å². The van der Waals surface area contributed by atoms with Crippen LogP contribution in [0.1, 0.15) is 46.6 Å². The van der Waals surface area contributed by atoms with Crippen LogP contribution in [0.2, 0.25) is 0 Å². The summed E-state index contributed by atoms with van der Waals surface area (Å²) in [6.07, 6.45) is -0.604. The van der Waals surface area contributed by atoms with Crippen molar-refractivity contribution in [2.24, 2.45) is 5.41 Å². The smallest absolute Gasteiger partial charge is 0.321 e. The Labute approximate surface area is 124 Å². The van der Waals surface area contributed by atoms with Crippen LogP contribution >= 0.6 is 11.3 Å². The van der Waals surface area contributed by atoms with Crippen molar-refractivity contribution in [2.75, 3.05) is 11.9 Å². The van der Waals surface area contributed by atoms with E-state index in [1.807, 2.05) is 41.5 Å². The zero-order valence-corrected chi connectivity index (χ0v) is 13.8. The molecule has 1 aromatic heterocycles. The van der Waals surface area contributed by atoms with E-state index in [4.69, 9.17) is 0 Å². The predicted molar refractivity (Wildman–Crippen MR) is 81.1 cm³/mol. The van der Waals surface area contributed by atoms with Crippen molar-refractivity contribution in [3.8, 4) is 0 Å². The first-order valence-corrected chi connectivity index (χ1v) is 7.38. The largest absolute Gasteiger partial charge is 0.391 e. The average Bonchev–Trinajstić information content (AvgIpc) is 2.72. The maximum absolute atomic E-state index is 11.7. The van der Waals surface area contributed by atoms with Gasteiger partial charge in [-0.3, -0.25) is 5.32 Å². The highest BCUT2D eigenvalue weighted by molar-refractivity contribution is 7.15. The van der Waals surface area contributed by atoms with E-state index in [1.54, 1.807) is 0 Å². The quantitative estimate of drug-likeness (QED) is 0.799. The van der Waals surface area contributed by atoms with Gasteiger partial charge in [0.15, 0.2) is 0 Å². The molecule has 1 atom stereocenters. The highest BCUT2D eigenvalue weighted by Crippen LogP contribution is 2.27. The number of nitrogens with one attached hydrogen (secondary N) is 2. The monoisotopic (exact) mass is 300 g/mol. The summed E-state index contributed by atoms with van der Waals surface area (Å²) in [5.74, 6) is 0. The second kappa shape index (κ2) is 6.05. The lowest BCUT2D eigenvalue weighted by molar-refractivity contribution is 0.0654. The summed E-state index contributed by atoms with van der Waals surface area (Å²) < 4.78 is 0. The van der Waals surface area contributed by atoms with Gasteiger partial charge in [0.1, 0.15) is 5.01 Å². The fourth-order valence-electron chi connectivity index (χ4n) is 1.21. The lowest BCUT2D eigenvalue weighted by Crippen LogP contribution is -2.40. The average molecular weight is 300 g/mol. The topological polar surface area (TPSA) is 87.1 Å². The zero-order chi connectivity index (χ0) is 15.6. The van der Waals surface area contributed by atoms with Crippen molar-refractivity contribution in [1.82, 2.24) is 15.5 Å². The molecule has 0 fully saturated rings. The van der Waals surface area contributed by atoms with Gasteiger partial charge < -0.3 is 10.4 Å². The molecule has 0 aliphatic heterocycles. The van der Waals surface area contributed by atoms with Gasteiger partial charge in [0, 0.05) is 12.0 Å². The maximum Gasteiger partial charge on any atom is 0.321 e.